The Morgan fingerprint density at radius 3 is 2.81 bits per heavy atom. The number of benzene rings is 1. The molecule has 0 amide bonds. The summed E-state index contributed by atoms with van der Waals surface area (Å²) in [5.41, 5.74) is 5.61. The number of carbonyl (C=O) groups is 1. The minimum Gasteiger partial charge on any atom is -0.299 e. The molecule has 4 heteroatoms. The van der Waals surface area contributed by atoms with Gasteiger partial charge in [-0.15, -0.1) is 0 Å². The van der Waals surface area contributed by atoms with Gasteiger partial charge in [-0.1, -0.05) is 37.3 Å². The van der Waals surface area contributed by atoms with Crippen LogP contribution in [0.3, 0.4) is 0 Å². The standard InChI is InChI=1S/C23H22N3O/c1-15-19-10-9-18-21(16-6-5-13-24-14-16)25-26-22(18)23(19,12-11-20(15)27)17-7-3-2-4-8-17/h2-8,14-15,19H,9-12H2,1H3,(H,25,26)/t15-,19-,23+/m0/s1. The normalized spacial score (nSPS) is 27.1. The van der Waals surface area contributed by atoms with E-state index >= 15 is 0 Å². The molecule has 2 aromatic heterocycles. The Kier molecular flexibility index (Phi) is 3.74. The molecule has 1 aromatic carbocycles. The first-order valence-electron chi connectivity index (χ1n) is 9.70. The van der Waals surface area contributed by atoms with Crippen LogP contribution in [0.4, 0.5) is 0 Å². The average molecular weight is 356 g/mol. The number of aromatic nitrogens is 3. The molecule has 0 aliphatic heterocycles. The van der Waals surface area contributed by atoms with Gasteiger partial charge in [-0.3, -0.25) is 14.9 Å². The molecule has 0 saturated heterocycles. The maximum Gasteiger partial charge on any atom is 0.136 e. The van der Waals surface area contributed by atoms with E-state index in [9.17, 15) is 4.79 Å². The molecule has 0 bridgehead atoms. The van der Waals surface area contributed by atoms with E-state index in [1.54, 1.807) is 0 Å². The highest BCUT2D eigenvalue weighted by Gasteiger charge is 2.53. The van der Waals surface area contributed by atoms with E-state index in [1.165, 1.54) is 11.1 Å². The third kappa shape index (κ3) is 2.32. The van der Waals surface area contributed by atoms with Gasteiger partial charge in [0.05, 0.1) is 17.6 Å². The highest BCUT2D eigenvalue weighted by atomic mass is 16.1. The molecular weight excluding hydrogens is 334 g/mol. The summed E-state index contributed by atoms with van der Waals surface area (Å²) in [5, 5.41) is 8.15. The van der Waals surface area contributed by atoms with Crippen LogP contribution in [0, 0.1) is 18.0 Å². The van der Waals surface area contributed by atoms with Crippen molar-refractivity contribution in [3.05, 3.63) is 71.7 Å². The van der Waals surface area contributed by atoms with Crippen LogP contribution in [0.15, 0.2) is 48.7 Å². The number of rotatable bonds is 2. The Morgan fingerprint density at radius 1 is 1.19 bits per heavy atom. The minimum absolute atomic E-state index is 0.0697. The highest BCUT2D eigenvalue weighted by Crippen LogP contribution is 2.55. The number of fused-ring (bicyclic) bond motifs is 3. The molecule has 4 nitrogen and oxygen atoms in total. The molecular formula is C23H22N3O. The SMILES string of the molecule is C[C@@H]1C(=O)CC[C@]2(c3ccccc3)c3n[nH]c(-c4cc[c]nc4)c3CC[C@@H]12. The third-order valence-corrected chi connectivity index (χ3v) is 6.70. The van der Waals surface area contributed by atoms with E-state index < -0.39 is 0 Å². The van der Waals surface area contributed by atoms with Crippen LogP contribution in [-0.4, -0.2) is 21.0 Å². The van der Waals surface area contributed by atoms with E-state index in [1.807, 2.05) is 18.3 Å². The molecule has 1 N–H and O–H groups in total. The number of nitrogens with zero attached hydrogens (tertiary/aromatic N) is 2. The zero-order valence-electron chi connectivity index (χ0n) is 15.4. The monoisotopic (exact) mass is 356 g/mol. The topological polar surface area (TPSA) is 58.6 Å². The first-order valence-corrected chi connectivity index (χ1v) is 9.70. The molecule has 0 spiro atoms. The van der Waals surface area contributed by atoms with Crippen molar-refractivity contribution in [1.29, 1.82) is 0 Å². The largest absolute Gasteiger partial charge is 0.299 e. The van der Waals surface area contributed by atoms with Crippen LogP contribution >= 0.6 is 0 Å². The van der Waals surface area contributed by atoms with Gasteiger partial charge >= 0.3 is 0 Å². The fraction of sp³-hybridized carbons (Fsp3) is 0.348. The maximum atomic E-state index is 12.5. The number of H-pyrrole nitrogens is 1. The molecule has 135 valence electrons. The first-order chi connectivity index (χ1) is 13.2. The van der Waals surface area contributed by atoms with Crippen molar-refractivity contribution in [3.63, 3.8) is 0 Å². The van der Waals surface area contributed by atoms with Gasteiger partial charge in [0.2, 0.25) is 0 Å². The zero-order valence-corrected chi connectivity index (χ0v) is 15.4. The van der Waals surface area contributed by atoms with E-state index in [4.69, 9.17) is 5.10 Å². The Labute approximate surface area is 159 Å². The van der Waals surface area contributed by atoms with Gasteiger partial charge in [-0.2, -0.15) is 5.10 Å². The second-order valence-electron chi connectivity index (χ2n) is 7.84. The lowest BCUT2D eigenvalue weighted by Gasteiger charge is -2.49. The summed E-state index contributed by atoms with van der Waals surface area (Å²) in [6, 6.07) is 14.5. The number of hydrogen-bond acceptors (Lipinski definition) is 3. The summed E-state index contributed by atoms with van der Waals surface area (Å²) in [5.74, 6) is 0.765. The molecule has 5 rings (SSSR count). The molecule has 1 radical (unpaired) electrons. The molecule has 1 saturated carbocycles. The number of carbonyl (C=O) groups excluding carboxylic acids is 1. The minimum atomic E-state index is -0.189. The van der Waals surface area contributed by atoms with Crippen LogP contribution in [0.5, 0.6) is 0 Å². The summed E-state index contributed by atoms with van der Waals surface area (Å²) in [6.45, 7) is 2.11. The zero-order chi connectivity index (χ0) is 18.4. The van der Waals surface area contributed by atoms with Crippen molar-refractivity contribution in [2.75, 3.05) is 0 Å². The third-order valence-electron chi connectivity index (χ3n) is 6.70. The Bertz CT molecular complexity index is 979. The predicted molar refractivity (Wildman–Crippen MR) is 103 cm³/mol. The van der Waals surface area contributed by atoms with Crippen LogP contribution in [0.1, 0.15) is 43.0 Å². The number of Topliss-reactive ketones (excluding diaryl/α,β-unsaturated/α-hetero) is 1. The van der Waals surface area contributed by atoms with Gasteiger partial charge in [-0.05, 0) is 42.9 Å². The van der Waals surface area contributed by atoms with Crippen molar-refractivity contribution in [1.82, 2.24) is 15.2 Å². The first kappa shape index (κ1) is 16.4. The quantitative estimate of drug-likeness (QED) is 0.751. The summed E-state index contributed by atoms with van der Waals surface area (Å²) < 4.78 is 0. The maximum absolute atomic E-state index is 12.5. The lowest BCUT2D eigenvalue weighted by molar-refractivity contribution is -0.128. The summed E-state index contributed by atoms with van der Waals surface area (Å²) in [6.07, 6.45) is 8.08. The van der Waals surface area contributed by atoms with E-state index in [2.05, 4.69) is 53.5 Å². The molecule has 0 unspecified atom stereocenters. The number of pyridine rings is 1. The summed E-state index contributed by atoms with van der Waals surface area (Å²) >= 11 is 0. The lowest BCUT2D eigenvalue weighted by Crippen LogP contribution is -2.49. The van der Waals surface area contributed by atoms with Gasteiger partial charge in [0.15, 0.2) is 0 Å². The smallest absolute Gasteiger partial charge is 0.136 e. The van der Waals surface area contributed by atoms with Crippen molar-refractivity contribution >= 4 is 5.78 Å². The molecule has 1 fully saturated rings. The molecule has 3 aromatic rings. The highest BCUT2D eigenvalue weighted by molar-refractivity contribution is 5.83. The van der Waals surface area contributed by atoms with Crippen molar-refractivity contribution in [3.8, 4) is 11.3 Å². The summed E-state index contributed by atoms with van der Waals surface area (Å²) in [7, 11) is 0. The van der Waals surface area contributed by atoms with Gasteiger partial charge < -0.3 is 0 Å². The fourth-order valence-corrected chi connectivity index (χ4v) is 5.39. The van der Waals surface area contributed by atoms with Crippen LogP contribution in [0.25, 0.3) is 11.3 Å². The van der Waals surface area contributed by atoms with Crippen LogP contribution in [0.2, 0.25) is 0 Å². The van der Waals surface area contributed by atoms with E-state index in [0.717, 1.165) is 36.2 Å². The van der Waals surface area contributed by atoms with Gasteiger partial charge in [0.1, 0.15) is 5.78 Å². The Balaban J connectivity index is 1.73. The molecule has 2 aliphatic carbocycles. The number of aromatic amines is 1. The van der Waals surface area contributed by atoms with Crippen molar-refractivity contribution in [2.24, 2.45) is 11.8 Å². The van der Waals surface area contributed by atoms with Crippen molar-refractivity contribution in [2.45, 2.75) is 38.0 Å². The average Bonchev–Trinajstić information content (AvgIpc) is 3.17. The Hall–Kier alpha value is -2.75. The van der Waals surface area contributed by atoms with Gasteiger partial charge in [0.25, 0.3) is 0 Å². The van der Waals surface area contributed by atoms with Crippen molar-refractivity contribution < 1.29 is 4.79 Å². The lowest BCUT2D eigenvalue weighted by atomic mass is 9.53. The second kappa shape index (κ2) is 6.15. The number of nitrogens with one attached hydrogen (secondary N) is 1. The molecule has 2 heterocycles. The molecule has 2 aliphatic rings. The Morgan fingerprint density at radius 2 is 2.04 bits per heavy atom. The van der Waals surface area contributed by atoms with E-state index in [-0.39, 0.29) is 11.3 Å². The van der Waals surface area contributed by atoms with Crippen LogP contribution in [-0.2, 0) is 16.6 Å². The van der Waals surface area contributed by atoms with E-state index in [0.29, 0.717) is 18.1 Å². The number of ketones is 1. The van der Waals surface area contributed by atoms with Gasteiger partial charge in [0, 0.05) is 35.1 Å². The molecule has 27 heavy (non-hydrogen) atoms. The van der Waals surface area contributed by atoms with Gasteiger partial charge in [-0.25, -0.2) is 0 Å². The number of hydrogen-bond donors (Lipinski definition) is 1. The predicted octanol–water partition coefficient (Wildman–Crippen LogP) is 4.12. The summed E-state index contributed by atoms with van der Waals surface area (Å²) in [4.78, 5) is 16.7. The van der Waals surface area contributed by atoms with Crippen LogP contribution < -0.4 is 0 Å². The second-order valence-corrected chi connectivity index (χ2v) is 7.84. The fourth-order valence-electron chi connectivity index (χ4n) is 5.39. The molecule has 3 atom stereocenters.